The first-order valence-electron chi connectivity index (χ1n) is 13.9. The molecule has 2 aliphatic rings. The van der Waals surface area contributed by atoms with E-state index >= 15 is 0 Å². The Balaban J connectivity index is 1.45. The third kappa shape index (κ3) is 4.62. The summed E-state index contributed by atoms with van der Waals surface area (Å²) in [5.41, 5.74) is -0.888. The molecule has 1 aliphatic heterocycles. The first-order chi connectivity index (χ1) is 19.7. The van der Waals surface area contributed by atoms with Crippen molar-refractivity contribution in [3.63, 3.8) is 0 Å². The van der Waals surface area contributed by atoms with Gasteiger partial charge in [0.1, 0.15) is 23.1 Å². The number of carbonyl (C=O) groups excluding carboxylic acids is 3. The summed E-state index contributed by atoms with van der Waals surface area (Å²) in [5.74, 6) is -0.204. The predicted octanol–water partition coefficient (Wildman–Crippen LogP) is 7.66. The normalized spacial score (nSPS) is 18.0. The van der Waals surface area contributed by atoms with Crippen molar-refractivity contribution in [1.29, 1.82) is 0 Å². The Morgan fingerprint density at radius 1 is 0.854 bits per heavy atom. The minimum atomic E-state index is -4.23. The van der Waals surface area contributed by atoms with Crippen LogP contribution in [0.5, 0.6) is 11.5 Å². The number of ether oxygens (including phenoxy) is 1. The number of Topliss-reactive ketones (excluding diaryl/α,β-unsaturated/α-hetero) is 2. The highest BCUT2D eigenvalue weighted by Crippen LogP contribution is 2.62. The number of hydrogen-bond acceptors (Lipinski definition) is 7. The van der Waals surface area contributed by atoms with E-state index in [9.17, 15) is 18.9 Å². The minimum absolute atomic E-state index is 0.0614. The first-order valence-corrected chi connectivity index (χ1v) is 15.5. The summed E-state index contributed by atoms with van der Waals surface area (Å²) in [5, 5.41) is 3.75. The van der Waals surface area contributed by atoms with Gasteiger partial charge in [0.25, 0.3) is 0 Å². The number of benzene rings is 4. The number of carbonyl (C=O) groups is 3. The second kappa shape index (κ2) is 10.5. The van der Waals surface area contributed by atoms with E-state index in [2.05, 4.69) is 0 Å². The fraction of sp³-hybridized carbons (Fsp3) is 0.303. The van der Waals surface area contributed by atoms with Gasteiger partial charge in [-0.3, -0.25) is 14.4 Å². The van der Waals surface area contributed by atoms with Crippen LogP contribution >= 0.6 is 7.60 Å². The van der Waals surface area contributed by atoms with Crippen LogP contribution in [0.4, 0.5) is 0 Å². The van der Waals surface area contributed by atoms with E-state index in [0.29, 0.717) is 37.2 Å². The van der Waals surface area contributed by atoms with Gasteiger partial charge in [-0.2, -0.15) is 0 Å². The largest absolute Gasteiger partial charge is 0.468 e. The molecule has 0 bridgehead atoms. The van der Waals surface area contributed by atoms with Crippen LogP contribution in [0.25, 0.3) is 32.7 Å². The van der Waals surface area contributed by atoms with Crippen molar-refractivity contribution in [2.75, 3.05) is 7.11 Å². The van der Waals surface area contributed by atoms with Crippen LogP contribution in [0.2, 0.25) is 0 Å². The lowest BCUT2D eigenvalue weighted by molar-refractivity contribution is -0.143. The average molecular weight is 571 g/mol. The number of esters is 1. The summed E-state index contributed by atoms with van der Waals surface area (Å²) in [7, 11) is -2.99. The molecule has 210 valence electrons. The maximum Gasteiger partial charge on any atom is 0.445 e. The maximum absolute atomic E-state index is 14.8. The number of rotatable bonds is 6. The van der Waals surface area contributed by atoms with E-state index < -0.39 is 24.6 Å². The van der Waals surface area contributed by atoms with Gasteiger partial charge in [0.15, 0.2) is 5.66 Å². The summed E-state index contributed by atoms with van der Waals surface area (Å²) in [6.07, 6.45) is 1.90. The molecule has 6 rings (SSSR count). The van der Waals surface area contributed by atoms with Crippen LogP contribution in [0, 0.1) is 5.41 Å². The number of ketones is 2. The summed E-state index contributed by atoms with van der Waals surface area (Å²) in [6.45, 7) is 1.67. The van der Waals surface area contributed by atoms with E-state index in [1.807, 2.05) is 60.7 Å². The number of hydrogen-bond donors (Lipinski definition) is 0. The molecule has 0 N–H and O–H groups in total. The molecule has 4 aromatic carbocycles. The third-order valence-corrected chi connectivity index (χ3v) is 10.7. The van der Waals surface area contributed by atoms with Crippen molar-refractivity contribution in [2.45, 2.75) is 51.1 Å². The van der Waals surface area contributed by atoms with Crippen molar-refractivity contribution >= 4 is 46.7 Å². The van der Waals surface area contributed by atoms with E-state index in [-0.39, 0.29) is 24.4 Å². The summed E-state index contributed by atoms with van der Waals surface area (Å²) in [4.78, 5) is 38.5. The highest BCUT2D eigenvalue weighted by atomic mass is 31.2. The lowest BCUT2D eigenvalue weighted by Gasteiger charge is -2.31. The average Bonchev–Trinajstić information content (AvgIpc) is 3.12. The topological polar surface area (TPSA) is 96.0 Å². The Labute approximate surface area is 238 Å². The Bertz CT molecular complexity index is 1650. The zero-order valence-corrected chi connectivity index (χ0v) is 23.9. The number of methoxy groups -OCH3 is 1. The molecule has 4 aromatic rings. The second-order valence-electron chi connectivity index (χ2n) is 11.0. The summed E-state index contributed by atoms with van der Waals surface area (Å²) >= 11 is 0. The zero-order chi connectivity index (χ0) is 28.8. The third-order valence-electron chi connectivity index (χ3n) is 8.53. The van der Waals surface area contributed by atoms with Crippen molar-refractivity contribution < 1.29 is 32.7 Å². The zero-order valence-electron chi connectivity index (χ0n) is 23.1. The highest BCUT2D eigenvalue weighted by molar-refractivity contribution is 7.56. The maximum atomic E-state index is 14.8. The monoisotopic (exact) mass is 570 g/mol. The molecule has 7 nitrogen and oxygen atoms in total. The predicted molar refractivity (Wildman–Crippen MR) is 157 cm³/mol. The molecule has 41 heavy (non-hydrogen) atoms. The molecular weight excluding hydrogens is 539 g/mol. The Kier molecular flexibility index (Phi) is 6.95. The molecular formula is C33H31O7P. The van der Waals surface area contributed by atoms with Gasteiger partial charge in [0.05, 0.1) is 12.5 Å². The Morgan fingerprint density at radius 3 is 1.88 bits per heavy atom. The highest BCUT2D eigenvalue weighted by Gasteiger charge is 2.49. The van der Waals surface area contributed by atoms with Crippen LogP contribution in [0.3, 0.4) is 0 Å². The molecule has 0 spiro atoms. The van der Waals surface area contributed by atoms with Gasteiger partial charge in [-0.15, -0.1) is 0 Å². The molecule has 1 unspecified atom stereocenters. The van der Waals surface area contributed by atoms with Crippen molar-refractivity contribution in [3.05, 3.63) is 72.8 Å². The van der Waals surface area contributed by atoms with Gasteiger partial charge >= 0.3 is 13.6 Å². The van der Waals surface area contributed by atoms with Gasteiger partial charge in [-0.25, -0.2) is 4.57 Å². The SMILES string of the molecule is COC(=O)C(CCCC1(C)C(=O)CCCC1=O)P1(=O)Oc2ccc3ccccc3c2-c2c(ccc3ccccc23)O1. The Morgan fingerprint density at radius 2 is 1.37 bits per heavy atom. The fourth-order valence-corrected chi connectivity index (χ4v) is 8.18. The van der Waals surface area contributed by atoms with Gasteiger partial charge in [-0.05, 0) is 59.9 Å². The molecule has 0 radical (unpaired) electrons. The minimum Gasteiger partial charge on any atom is -0.468 e. The van der Waals surface area contributed by atoms with Crippen LogP contribution in [-0.2, 0) is 23.7 Å². The quantitative estimate of drug-likeness (QED) is 0.133. The summed E-state index contributed by atoms with van der Waals surface area (Å²) in [6, 6.07) is 23.0. The van der Waals surface area contributed by atoms with E-state index in [4.69, 9.17) is 13.8 Å². The molecule has 8 heteroatoms. The molecule has 0 aromatic heterocycles. The van der Waals surface area contributed by atoms with Gasteiger partial charge in [0, 0.05) is 24.0 Å². The molecule has 0 saturated heterocycles. The van der Waals surface area contributed by atoms with Crippen LogP contribution in [-0.4, -0.2) is 30.3 Å². The van der Waals surface area contributed by atoms with Gasteiger partial charge in [-0.1, -0.05) is 67.1 Å². The lowest BCUT2D eigenvalue weighted by atomic mass is 9.70. The van der Waals surface area contributed by atoms with Crippen LogP contribution < -0.4 is 9.05 Å². The molecule has 1 aliphatic carbocycles. The van der Waals surface area contributed by atoms with Crippen molar-refractivity contribution in [2.24, 2.45) is 5.41 Å². The smallest absolute Gasteiger partial charge is 0.445 e. The van der Waals surface area contributed by atoms with Crippen LogP contribution in [0.15, 0.2) is 72.8 Å². The number of fused-ring (bicyclic) bond motifs is 7. The standard InChI is InChI=1S/C33H31O7P/c1-33(28(34)14-7-15-29(33)35)20-8-13-27(32(36)38-2)41(37)39-25-18-16-21-9-3-5-11-23(21)30(25)31-24-12-6-4-10-22(24)17-19-26(31)40-41/h3-6,9-12,16-19,27H,7-8,13-15,20H2,1-2H3. The van der Waals surface area contributed by atoms with E-state index in [1.54, 1.807) is 19.1 Å². The fourth-order valence-electron chi connectivity index (χ4n) is 6.18. The second-order valence-corrected chi connectivity index (χ2v) is 13.1. The molecule has 1 fully saturated rings. The first kappa shape index (κ1) is 27.2. The lowest BCUT2D eigenvalue weighted by Crippen LogP contribution is -2.40. The van der Waals surface area contributed by atoms with Crippen molar-refractivity contribution in [1.82, 2.24) is 0 Å². The van der Waals surface area contributed by atoms with Crippen molar-refractivity contribution in [3.8, 4) is 22.6 Å². The molecule has 1 heterocycles. The van der Waals surface area contributed by atoms with Gasteiger partial charge in [0.2, 0.25) is 0 Å². The molecule has 1 saturated carbocycles. The molecule has 0 amide bonds. The van der Waals surface area contributed by atoms with E-state index in [1.165, 1.54) is 7.11 Å². The van der Waals surface area contributed by atoms with Crippen LogP contribution in [0.1, 0.15) is 45.4 Å². The van der Waals surface area contributed by atoms with Gasteiger partial charge < -0.3 is 13.8 Å². The summed E-state index contributed by atoms with van der Waals surface area (Å²) < 4.78 is 32.4. The van der Waals surface area contributed by atoms with E-state index in [0.717, 1.165) is 32.7 Å². The Hall–Kier alpha value is -3.96. The molecule has 1 atom stereocenters.